The Kier molecular flexibility index (Phi) is 12.0. The van der Waals surface area contributed by atoms with Crippen molar-refractivity contribution in [2.75, 3.05) is 20.0 Å². The Morgan fingerprint density at radius 1 is 0.750 bits per heavy atom. The number of methoxy groups -OCH3 is 2. The van der Waals surface area contributed by atoms with Gasteiger partial charge in [0.25, 0.3) is 5.78 Å². The number of nitrogens with two attached hydrogens (primary N) is 1. The summed E-state index contributed by atoms with van der Waals surface area (Å²) in [5, 5.41) is 25.2. The van der Waals surface area contributed by atoms with Gasteiger partial charge in [0.2, 0.25) is 0 Å². The number of rotatable bonds is 7. The van der Waals surface area contributed by atoms with Crippen LogP contribution < -0.4 is 15.2 Å². The minimum absolute atomic E-state index is 0.0557. The van der Waals surface area contributed by atoms with E-state index in [4.69, 9.17) is 30.5 Å². The lowest BCUT2D eigenvalue weighted by Gasteiger charge is -2.07. The molecule has 10 heteroatoms. The Bertz CT molecular complexity index is 1200. The van der Waals surface area contributed by atoms with Crippen molar-refractivity contribution < 1.29 is 44.0 Å². The third kappa shape index (κ3) is 10.2. The van der Waals surface area contributed by atoms with Crippen LogP contribution in [0.25, 0.3) is 6.08 Å². The minimum atomic E-state index is -1.50. The Hall–Kier alpha value is -5.12. The van der Waals surface area contributed by atoms with Crippen molar-refractivity contribution in [3.63, 3.8) is 0 Å². The molecule has 0 saturated carbocycles. The molecular weight excluding hydrogens is 470 g/mol. The summed E-state index contributed by atoms with van der Waals surface area (Å²) in [4.78, 5) is 41.9. The van der Waals surface area contributed by atoms with Crippen molar-refractivity contribution >= 4 is 35.5 Å². The van der Waals surface area contributed by atoms with Crippen LogP contribution in [0.2, 0.25) is 0 Å². The topological polar surface area (TPSA) is 173 Å². The number of carbonyl (C=O) groups excluding carboxylic acids is 1. The average molecular weight is 495 g/mol. The Labute approximate surface area is 206 Å². The lowest BCUT2D eigenvalue weighted by atomic mass is 10.1. The Morgan fingerprint density at radius 2 is 1.31 bits per heavy atom. The SMILES string of the molecule is COc1ccc(C(=O)C(=O)O)cc1OC.Nc1ccc(C(=O)O)cc1.O=C(O)C=Cc1ccccc1. The molecule has 188 valence electrons. The molecule has 0 amide bonds. The van der Waals surface area contributed by atoms with Gasteiger partial charge in [0.1, 0.15) is 0 Å². The summed E-state index contributed by atoms with van der Waals surface area (Å²) in [5.74, 6) is -3.56. The van der Waals surface area contributed by atoms with E-state index in [1.165, 1.54) is 44.6 Å². The zero-order chi connectivity index (χ0) is 27.1. The highest BCUT2D eigenvalue weighted by atomic mass is 16.5. The van der Waals surface area contributed by atoms with Crippen LogP contribution in [0.4, 0.5) is 5.69 Å². The smallest absolute Gasteiger partial charge is 0.377 e. The second kappa shape index (κ2) is 14.9. The van der Waals surface area contributed by atoms with Gasteiger partial charge in [0.05, 0.1) is 19.8 Å². The second-order valence-electron chi connectivity index (χ2n) is 6.71. The van der Waals surface area contributed by atoms with E-state index in [0.29, 0.717) is 17.2 Å². The first-order chi connectivity index (χ1) is 17.1. The number of aromatic carboxylic acids is 1. The van der Waals surface area contributed by atoms with Gasteiger partial charge >= 0.3 is 17.9 Å². The molecule has 0 heterocycles. The van der Waals surface area contributed by atoms with E-state index < -0.39 is 23.7 Å². The van der Waals surface area contributed by atoms with Gasteiger partial charge in [-0.3, -0.25) is 4.79 Å². The maximum Gasteiger partial charge on any atom is 0.377 e. The van der Waals surface area contributed by atoms with Crippen molar-refractivity contribution in [3.8, 4) is 11.5 Å². The van der Waals surface area contributed by atoms with Crippen LogP contribution in [0.15, 0.2) is 78.9 Å². The number of Topliss-reactive ketones (excluding diaryl/α,β-unsaturated/α-hetero) is 1. The lowest BCUT2D eigenvalue weighted by molar-refractivity contribution is -0.132. The number of hydrogen-bond donors (Lipinski definition) is 4. The number of carboxylic acids is 3. The maximum absolute atomic E-state index is 11.1. The first-order valence-corrected chi connectivity index (χ1v) is 10.1. The van der Waals surface area contributed by atoms with E-state index in [-0.39, 0.29) is 11.1 Å². The molecule has 0 saturated heterocycles. The van der Waals surface area contributed by atoms with Gasteiger partial charge in [-0.25, -0.2) is 14.4 Å². The highest BCUT2D eigenvalue weighted by Gasteiger charge is 2.16. The highest BCUT2D eigenvalue weighted by Crippen LogP contribution is 2.27. The zero-order valence-corrected chi connectivity index (χ0v) is 19.5. The van der Waals surface area contributed by atoms with Gasteiger partial charge < -0.3 is 30.5 Å². The van der Waals surface area contributed by atoms with Crippen LogP contribution in [0.3, 0.4) is 0 Å². The lowest BCUT2D eigenvalue weighted by Crippen LogP contribution is -2.12. The monoisotopic (exact) mass is 495 g/mol. The molecule has 3 aromatic rings. The van der Waals surface area contributed by atoms with Gasteiger partial charge in [-0.1, -0.05) is 30.3 Å². The van der Waals surface area contributed by atoms with Crippen molar-refractivity contribution in [2.24, 2.45) is 0 Å². The quantitative estimate of drug-likeness (QED) is 0.164. The molecule has 3 rings (SSSR count). The molecule has 0 atom stereocenters. The Morgan fingerprint density at radius 3 is 1.78 bits per heavy atom. The summed E-state index contributed by atoms with van der Waals surface area (Å²) < 4.78 is 9.88. The molecule has 0 spiro atoms. The fraction of sp³-hybridized carbons (Fsp3) is 0.0769. The second-order valence-corrected chi connectivity index (χ2v) is 6.71. The first-order valence-electron chi connectivity index (χ1n) is 10.1. The molecule has 10 nitrogen and oxygen atoms in total. The molecule has 36 heavy (non-hydrogen) atoms. The van der Waals surface area contributed by atoms with Crippen molar-refractivity contribution in [1.82, 2.24) is 0 Å². The molecule has 0 radical (unpaired) electrons. The molecule has 0 aliphatic rings. The molecule has 0 aliphatic heterocycles. The maximum atomic E-state index is 11.1. The molecule has 5 N–H and O–H groups in total. The summed E-state index contributed by atoms with van der Waals surface area (Å²) in [6, 6.07) is 19.5. The van der Waals surface area contributed by atoms with Crippen LogP contribution in [0.5, 0.6) is 11.5 Å². The van der Waals surface area contributed by atoms with E-state index in [1.807, 2.05) is 30.3 Å². The number of hydrogen-bond acceptors (Lipinski definition) is 7. The number of ether oxygens (including phenoxy) is 2. The summed E-state index contributed by atoms with van der Waals surface area (Å²) in [6.07, 6.45) is 2.68. The number of carboxylic acid groups (broad SMARTS) is 3. The number of anilines is 1. The molecule has 3 aromatic carbocycles. The van der Waals surface area contributed by atoms with Crippen LogP contribution in [0, 0.1) is 0 Å². The van der Waals surface area contributed by atoms with Crippen molar-refractivity contribution in [1.29, 1.82) is 0 Å². The van der Waals surface area contributed by atoms with Crippen LogP contribution in [-0.2, 0) is 9.59 Å². The average Bonchev–Trinajstić information content (AvgIpc) is 2.88. The molecule has 0 fully saturated rings. The normalized spacial score (nSPS) is 9.61. The first kappa shape index (κ1) is 28.9. The van der Waals surface area contributed by atoms with Gasteiger partial charge in [-0.15, -0.1) is 0 Å². The van der Waals surface area contributed by atoms with E-state index in [9.17, 15) is 19.2 Å². The fourth-order valence-electron chi connectivity index (χ4n) is 2.46. The van der Waals surface area contributed by atoms with Gasteiger partial charge in [0, 0.05) is 17.3 Å². The summed E-state index contributed by atoms with van der Waals surface area (Å²) in [7, 11) is 2.86. The van der Waals surface area contributed by atoms with Gasteiger partial charge in [-0.2, -0.15) is 0 Å². The van der Waals surface area contributed by atoms with E-state index >= 15 is 0 Å². The van der Waals surface area contributed by atoms with Crippen LogP contribution >= 0.6 is 0 Å². The summed E-state index contributed by atoms with van der Waals surface area (Å²) >= 11 is 0. The highest BCUT2D eigenvalue weighted by molar-refractivity contribution is 6.39. The molecule has 0 aromatic heterocycles. The standard InChI is InChI=1S/C10H10O5.C9H8O2.C7H7NO2/c1-14-7-4-3-6(5-8(7)15-2)9(11)10(12)13;10-9(11)7-6-8-4-2-1-3-5-8;8-6-3-1-5(2-4-6)7(9)10/h3-5H,1-2H3,(H,12,13);1-7H,(H,10,11);1-4H,8H2,(H,9,10). The van der Waals surface area contributed by atoms with Gasteiger partial charge in [0.15, 0.2) is 11.5 Å². The summed E-state index contributed by atoms with van der Waals surface area (Å²) in [5.41, 5.74) is 7.12. The van der Waals surface area contributed by atoms with E-state index in [2.05, 4.69) is 0 Å². The van der Waals surface area contributed by atoms with Gasteiger partial charge in [-0.05, 0) is 54.1 Å². The van der Waals surface area contributed by atoms with Crippen LogP contribution in [-0.4, -0.2) is 53.2 Å². The largest absolute Gasteiger partial charge is 0.493 e. The zero-order valence-electron chi connectivity index (χ0n) is 19.5. The third-order valence-corrected chi connectivity index (χ3v) is 4.22. The van der Waals surface area contributed by atoms with Crippen molar-refractivity contribution in [3.05, 3.63) is 95.6 Å². The molecule has 0 bridgehead atoms. The molecule has 0 aliphatic carbocycles. The molecule has 0 unspecified atom stereocenters. The predicted molar refractivity (Wildman–Crippen MR) is 132 cm³/mol. The van der Waals surface area contributed by atoms with Crippen molar-refractivity contribution in [2.45, 2.75) is 0 Å². The number of ketones is 1. The number of benzene rings is 3. The third-order valence-electron chi connectivity index (χ3n) is 4.22. The minimum Gasteiger partial charge on any atom is -0.493 e. The van der Waals surface area contributed by atoms with E-state index in [0.717, 1.165) is 11.6 Å². The summed E-state index contributed by atoms with van der Waals surface area (Å²) in [6.45, 7) is 0. The number of carbonyl (C=O) groups is 4. The van der Waals surface area contributed by atoms with Crippen LogP contribution in [0.1, 0.15) is 26.3 Å². The predicted octanol–water partition coefficient (Wildman–Crippen LogP) is 3.72. The number of aliphatic carboxylic acids is 2. The molecular formula is C26H25NO9. The number of nitrogen functional groups attached to an aromatic ring is 1. The Balaban J connectivity index is 0.000000277. The van der Waals surface area contributed by atoms with E-state index in [1.54, 1.807) is 18.2 Å². The fourth-order valence-corrected chi connectivity index (χ4v) is 2.46.